The zero-order chi connectivity index (χ0) is 10.2. The molecule has 0 saturated carbocycles. The van der Waals surface area contributed by atoms with E-state index in [0.29, 0.717) is 0 Å². The van der Waals surface area contributed by atoms with E-state index in [1.807, 2.05) is 10.9 Å². The lowest BCUT2D eigenvalue weighted by molar-refractivity contribution is 0.199. The first-order valence-electron chi connectivity index (χ1n) is 5.08. The van der Waals surface area contributed by atoms with Crippen LogP contribution in [-0.2, 0) is 17.8 Å². The average Bonchev–Trinajstić information content (AvgIpc) is 2.61. The van der Waals surface area contributed by atoms with Crippen molar-refractivity contribution in [2.45, 2.75) is 26.4 Å². The van der Waals surface area contributed by atoms with E-state index in [-0.39, 0.29) is 12.4 Å². The second kappa shape index (κ2) is 8.71. The Balaban J connectivity index is 0.00000196. The third-order valence-electron chi connectivity index (χ3n) is 2.03. The number of hydrogen-bond acceptors (Lipinski definition) is 3. The highest BCUT2D eigenvalue weighted by Crippen LogP contribution is 1.99. The van der Waals surface area contributed by atoms with Crippen molar-refractivity contribution in [3.8, 4) is 0 Å². The maximum Gasteiger partial charge on any atom is 0.0587 e. The van der Waals surface area contributed by atoms with Gasteiger partial charge < -0.3 is 10.1 Å². The van der Waals surface area contributed by atoms with Gasteiger partial charge in [0.1, 0.15) is 0 Å². The summed E-state index contributed by atoms with van der Waals surface area (Å²) in [6.07, 6.45) is 2.97. The third kappa shape index (κ3) is 5.16. The molecule has 1 heterocycles. The van der Waals surface area contributed by atoms with Gasteiger partial charge in [-0.1, -0.05) is 6.92 Å². The van der Waals surface area contributed by atoms with Crippen LogP contribution in [-0.4, -0.2) is 30.0 Å². The fourth-order valence-corrected chi connectivity index (χ4v) is 1.31. The highest BCUT2D eigenvalue weighted by Gasteiger charge is 1.99. The van der Waals surface area contributed by atoms with Gasteiger partial charge in [0.15, 0.2) is 0 Å². The van der Waals surface area contributed by atoms with Crippen molar-refractivity contribution in [2.75, 3.05) is 20.3 Å². The van der Waals surface area contributed by atoms with Gasteiger partial charge in [-0.3, -0.25) is 4.68 Å². The SMILES string of the molecule is CCCn1nccc1CNCCOC.Cl. The second-order valence-corrected chi connectivity index (χ2v) is 3.22. The van der Waals surface area contributed by atoms with Gasteiger partial charge in [-0.25, -0.2) is 0 Å². The van der Waals surface area contributed by atoms with E-state index in [4.69, 9.17) is 4.74 Å². The van der Waals surface area contributed by atoms with E-state index in [1.165, 1.54) is 5.69 Å². The molecule has 1 N–H and O–H groups in total. The molecule has 0 bridgehead atoms. The van der Waals surface area contributed by atoms with Crippen LogP contribution in [0.15, 0.2) is 12.3 Å². The average molecular weight is 234 g/mol. The molecule has 0 aliphatic rings. The second-order valence-electron chi connectivity index (χ2n) is 3.22. The lowest BCUT2D eigenvalue weighted by Crippen LogP contribution is -2.20. The predicted molar refractivity (Wildman–Crippen MR) is 63.3 cm³/mol. The van der Waals surface area contributed by atoms with E-state index in [2.05, 4.69) is 23.4 Å². The summed E-state index contributed by atoms with van der Waals surface area (Å²) in [7, 11) is 1.71. The minimum absolute atomic E-state index is 0. The number of methoxy groups -OCH3 is 1. The Morgan fingerprint density at radius 3 is 3.00 bits per heavy atom. The zero-order valence-corrected chi connectivity index (χ0v) is 10.2. The normalized spacial score (nSPS) is 10.0. The van der Waals surface area contributed by atoms with Crippen LogP contribution in [0.25, 0.3) is 0 Å². The number of rotatable bonds is 7. The number of ether oxygens (including phenoxy) is 1. The molecule has 0 unspecified atom stereocenters. The van der Waals surface area contributed by atoms with E-state index in [9.17, 15) is 0 Å². The molecule has 88 valence electrons. The van der Waals surface area contributed by atoms with Crippen molar-refractivity contribution >= 4 is 12.4 Å². The number of nitrogens with one attached hydrogen (secondary N) is 1. The Hall–Kier alpha value is -0.580. The van der Waals surface area contributed by atoms with E-state index in [1.54, 1.807) is 7.11 Å². The lowest BCUT2D eigenvalue weighted by atomic mass is 10.4. The summed E-state index contributed by atoms with van der Waals surface area (Å²) in [4.78, 5) is 0. The van der Waals surface area contributed by atoms with Gasteiger partial charge >= 0.3 is 0 Å². The summed E-state index contributed by atoms with van der Waals surface area (Å²) in [5.74, 6) is 0. The third-order valence-corrected chi connectivity index (χ3v) is 2.03. The monoisotopic (exact) mass is 233 g/mol. The Labute approximate surface area is 97.4 Å². The molecule has 5 heteroatoms. The van der Waals surface area contributed by atoms with Crippen molar-refractivity contribution in [2.24, 2.45) is 0 Å². The van der Waals surface area contributed by atoms with Crippen molar-refractivity contribution in [3.63, 3.8) is 0 Å². The number of aromatic nitrogens is 2. The Morgan fingerprint density at radius 1 is 1.53 bits per heavy atom. The van der Waals surface area contributed by atoms with Crippen LogP contribution in [0.2, 0.25) is 0 Å². The molecule has 1 aromatic heterocycles. The highest BCUT2D eigenvalue weighted by molar-refractivity contribution is 5.85. The largest absolute Gasteiger partial charge is 0.383 e. The molecule has 0 radical (unpaired) electrons. The molecule has 1 aromatic rings. The lowest BCUT2D eigenvalue weighted by Gasteiger charge is -2.07. The molecule has 0 amide bonds. The number of aryl methyl sites for hydroxylation is 1. The first-order valence-corrected chi connectivity index (χ1v) is 5.08. The summed E-state index contributed by atoms with van der Waals surface area (Å²) in [6, 6.07) is 2.05. The van der Waals surface area contributed by atoms with Gasteiger partial charge in [-0.15, -0.1) is 12.4 Å². The molecule has 1 rings (SSSR count). The summed E-state index contributed by atoms with van der Waals surface area (Å²) in [5.41, 5.74) is 1.24. The van der Waals surface area contributed by atoms with Crippen LogP contribution in [0, 0.1) is 0 Å². The van der Waals surface area contributed by atoms with Gasteiger partial charge in [-0.05, 0) is 12.5 Å². The minimum Gasteiger partial charge on any atom is -0.383 e. The smallest absolute Gasteiger partial charge is 0.0587 e. The molecular weight excluding hydrogens is 214 g/mol. The molecule has 0 spiro atoms. The van der Waals surface area contributed by atoms with E-state index in [0.717, 1.165) is 32.7 Å². The van der Waals surface area contributed by atoms with Crippen LogP contribution in [0.4, 0.5) is 0 Å². The van der Waals surface area contributed by atoms with Crippen molar-refractivity contribution in [1.82, 2.24) is 15.1 Å². The summed E-state index contributed by atoms with van der Waals surface area (Å²) in [6.45, 7) is 5.65. The molecule has 0 aliphatic heterocycles. The van der Waals surface area contributed by atoms with Gasteiger partial charge in [-0.2, -0.15) is 5.10 Å². The summed E-state index contributed by atoms with van der Waals surface area (Å²) >= 11 is 0. The van der Waals surface area contributed by atoms with Crippen LogP contribution >= 0.6 is 12.4 Å². The Morgan fingerprint density at radius 2 is 2.33 bits per heavy atom. The molecular formula is C10H20ClN3O. The van der Waals surface area contributed by atoms with Crippen LogP contribution in [0.5, 0.6) is 0 Å². The first-order chi connectivity index (χ1) is 6.88. The predicted octanol–water partition coefficient (Wildman–Crippen LogP) is 1.45. The molecule has 0 saturated heterocycles. The Bertz CT molecular complexity index is 253. The van der Waals surface area contributed by atoms with Gasteiger partial charge in [0.25, 0.3) is 0 Å². The van der Waals surface area contributed by atoms with Crippen molar-refractivity contribution in [1.29, 1.82) is 0 Å². The zero-order valence-electron chi connectivity index (χ0n) is 9.40. The molecule has 4 nitrogen and oxygen atoms in total. The molecule has 0 aromatic carbocycles. The number of nitrogens with zero attached hydrogens (tertiary/aromatic N) is 2. The van der Waals surface area contributed by atoms with Crippen LogP contribution in [0.1, 0.15) is 19.0 Å². The van der Waals surface area contributed by atoms with Gasteiger partial charge in [0.05, 0.1) is 12.3 Å². The van der Waals surface area contributed by atoms with Crippen LogP contribution < -0.4 is 5.32 Å². The first kappa shape index (κ1) is 14.4. The van der Waals surface area contributed by atoms with Crippen molar-refractivity contribution < 1.29 is 4.74 Å². The van der Waals surface area contributed by atoms with Crippen molar-refractivity contribution in [3.05, 3.63) is 18.0 Å². The summed E-state index contributed by atoms with van der Waals surface area (Å²) < 4.78 is 7.00. The summed E-state index contributed by atoms with van der Waals surface area (Å²) in [5, 5.41) is 7.55. The minimum atomic E-state index is 0. The number of hydrogen-bond donors (Lipinski definition) is 1. The number of halogens is 1. The van der Waals surface area contributed by atoms with E-state index < -0.39 is 0 Å². The van der Waals surface area contributed by atoms with Gasteiger partial charge in [0, 0.05) is 32.9 Å². The molecule has 0 aliphatic carbocycles. The standard InChI is InChI=1S/C10H19N3O.ClH/c1-3-7-13-10(4-5-12-13)9-11-6-8-14-2;/h4-5,11H,3,6-9H2,1-2H3;1H. The quantitative estimate of drug-likeness (QED) is 0.725. The molecule has 0 atom stereocenters. The topological polar surface area (TPSA) is 39.1 Å². The Kier molecular flexibility index (Phi) is 8.37. The maximum atomic E-state index is 4.95. The molecule has 0 fully saturated rings. The van der Waals surface area contributed by atoms with Crippen LogP contribution in [0.3, 0.4) is 0 Å². The molecule has 15 heavy (non-hydrogen) atoms. The fraction of sp³-hybridized carbons (Fsp3) is 0.700. The van der Waals surface area contributed by atoms with Gasteiger partial charge in [0.2, 0.25) is 0 Å². The van der Waals surface area contributed by atoms with E-state index >= 15 is 0 Å². The highest BCUT2D eigenvalue weighted by atomic mass is 35.5. The maximum absolute atomic E-state index is 4.95. The fourth-order valence-electron chi connectivity index (χ4n) is 1.31.